The van der Waals surface area contributed by atoms with E-state index in [0.29, 0.717) is 0 Å². The molecule has 0 aromatic heterocycles. The number of hydrogen-bond donors (Lipinski definition) is 0. The molecule has 0 amide bonds. The van der Waals surface area contributed by atoms with E-state index in [2.05, 4.69) is 0 Å². The van der Waals surface area contributed by atoms with Crippen molar-refractivity contribution in [1.29, 1.82) is 0 Å². The van der Waals surface area contributed by atoms with E-state index in [0.717, 1.165) is 24.3 Å². The molecule has 0 aliphatic rings. The number of halogens is 4. The summed E-state index contributed by atoms with van der Waals surface area (Å²) in [6, 6.07) is 6.16. The second-order valence-corrected chi connectivity index (χ2v) is 4.32. The Balaban J connectivity index is 2.08. The molecule has 0 saturated heterocycles. The van der Waals surface area contributed by atoms with Crippen LogP contribution in [0.1, 0.15) is 10.4 Å². The van der Waals surface area contributed by atoms with Crippen LogP contribution in [0.2, 0.25) is 5.02 Å². The minimum atomic E-state index is -0.845. The smallest absolute Gasteiger partial charge is 0.203 e. The monoisotopic (exact) mass is 300 g/mol. The predicted octanol–water partition coefficient (Wildman–Crippen LogP) is 4.02. The number of ketones is 1. The Labute approximate surface area is 117 Å². The molecule has 6 heteroatoms. The fraction of sp³-hybridized carbons (Fsp3) is 0.0714. The van der Waals surface area contributed by atoms with Gasteiger partial charge in [-0.2, -0.15) is 0 Å². The normalized spacial score (nSPS) is 10.4. The Kier molecular flexibility index (Phi) is 4.29. The lowest BCUT2D eigenvalue weighted by molar-refractivity contribution is 0.0916. The molecule has 2 rings (SSSR count). The van der Waals surface area contributed by atoms with Crippen LogP contribution in [0.15, 0.2) is 36.4 Å². The van der Waals surface area contributed by atoms with Gasteiger partial charge in [-0.1, -0.05) is 11.6 Å². The number of hydrogen-bond acceptors (Lipinski definition) is 2. The van der Waals surface area contributed by atoms with Crippen molar-refractivity contribution in [2.75, 3.05) is 6.61 Å². The minimum Gasteiger partial charge on any atom is -0.485 e. The second-order valence-electron chi connectivity index (χ2n) is 3.91. The van der Waals surface area contributed by atoms with Crippen LogP contribution in [0.4, 0.5) is 13.2 Å². The van der Waals surface area contributed by atoms with Gasteiger partial charge in [0.15, 0.2) is 6.61 Å². The zero-order chi connectivity index (χ0) is 14.7. The third-order valence-electron chi connectivity index (χ3n) is 2.49. The van der Waals surface area contributed by atoms with Gasteiger partial charge in [-0.25, -0.2) is 13.2 Å². The largest absolute Gasteiger partial charge is 0.485 e. The van der Waals surface area contributed by atoms with Crippen molar-refractivity contribution in [3.63, 3.8) is 0 Å². The van der Waals surface area contributed by atoms with E-state index in [-0.39, 0.29) is 10.8 Å². The summed E-state index contributed by atoms with van der Waals surface area (Å²) in [5, 5.41) is -0.0835. The number of carbonyl (C=O) groups is 1. The first-order valence-electron chi connectivity index (χ1n) is 5.53. The van der Waals surface area contributed by atoms with Crippen molar-refractivity contribution in [3.05, 3.63) is 64.4 Å². The standard InChI is InChI=1S/C14H8ClF3O2/c15-11-3-2-9(6-13(11)18)20-7-14(19)10-5-8(16)1-4-12(10)17/h1-6H,7H2. The summed E-state index contributed by atoms with van der Waals surface area (Å²) >= 11 is 5.49. The van der Waals surface area contributed by atoms with Crippen molar-refractivity contribution in [3.8, 4) is 5.75 Å². The summed E-state index contributed by atoms with van der Waals surface area (Å²) in [5.41, 5.74) is -0.417. The summed E-state index contributed by atoms with van der Waals surface area (Å²) in [7, 11) is 0. The molecule has 0 N–H and O–H groups in total. The van der Waals surface area contributed by atoms with E-state index in [4.69, 9.17) is 16.3 Å². The Morgan fingerprint density at radius 2 is 1.80 bits per heavy atom. The molecule has 0 atom stereocenters. The van der Waals surface area contributed by atoms with Gasteiger partial charge in [0.1, 0.15) is 23.2 Å². The molecule has 0 fully saturated rings. The van der Waals surface area contributed by atoms with Crippen LogP contribution in [-0.2, 0) is 0 Å². The summed E-state index contributed by atoms with van der Waals surface area (Å²) < 4.78 is 44.4. The van der Waals surface area contributed by atoms with Gasteiger partial charge < -0.3 is 4.74 Å². The Morgan fingerprint density at radius 1 is 1.05 bits per heavy atom. The number of benzene rings is 2. The molecule has 0 saturated carbocycles. The maximum absolute atomic E-state index is 13.3. The van der Waals surface area contributed by atoms with Crippen molar-refractivity contribution in [2.45, 2.75) is 0 Å². The highest BCUT2D eigenvalue weighted by Gasteiger charge is 2.14. The third-order valence-corrected chi connectivity index (χ3v) is 2.80. The molecule has 104 valence electrons. The first-order valence-corrected chi connectivity index (χ1v) is 5.91. The maximum Gasteiger partial charge on any atom is 0.203 e. The molecule has 0 aliphatic carbocycles. The molecular weight excluding hydrogens is 293 g/mol. The summed E-state index contributed by atoms with van der Waals surface area (Å²) in [6.07, 6.45) is 0. The van der Waals surface area contributed by atoms with Crippen LogP contribution in [0, 0.1) is 17.5 Å². The van der Waals surface area contributed by atoms with Crippen LogP contribution in [0.3, 0.4) is 0 Å². The van der Waals surface area contributed by atoms with Gasteiger partial charge in [-0.05, 0) is 30.3 Å². The summed E-state index contributed by atoms with van der Waals surface area (Å²) in [5.74, 6) is -2.96. The Hall–Kier alpha value is -2.01. The Morgan fingerprint density at radius 3 is 2.50 bits per heavy atom. The van der Waals surface area contributed by atoms with E-state index in [1.165, 1.54) is 12.1 Å². The fourth-order valence-corrected chi connectivity index (χ4v) is 1.62. The van der Waals surface area contributed by atoms with Gasteiger partial charge in [-0.3, -0.25) is 4.79 Å². The van der Waals surface area contributed by atoms with Gasteiger partial charge in [0, 0.05) is 6.07 Å². The van der Waals surface area contributed by atoms with Gasteiger partial charge in [0.2, 0.25) is 5.78 Å². The quantitative estimate of drug-likeness (QED) is 0.797. The number of ether oxygens (including phenoxy) is 1. The highest BCUT2D eigenvalue weighted by atomic mass is 35.5. The van der Waals surface area contributed by atoms with Gasteiger partial charge >= 0.3 is 0 Å². The molecule has 2 nitrogen and oxygen atoms in total. The van der Waals surface area contributed by atoms with Crippen molar-refractivity contribution in [1.82, 2.24) is 0 Å². The van der Waals surface area contributed by atoms with Crippen LogP contribution >= 0.6 is 11.6 Å². The molecule has 0 aliphatic heterocycles. The molecule has 2 aromatic rings. The number of carbonyl (C=O) groups excluding carboxylic acids is 1. The average Bonchev–Trinajstić information content (AvgIpc) is 2.42. The molecule has 0 unspecified atom stereocenters. The zero-order valence-corrected chi connectivity index (χ0v) is 10.8. The third kappa shape index (κ3) is 3.30. The van der Waals surface area contributed by atoms with E-state index < -0.39 is 35.4 Å². The van der Waals surface area contributed by atoms with Crippen LogP contribution in [-0.4, -0.2) is 12.4 Å². The lowest BCUT2D eigenvalue weighted by Gasteiger charge is -2.07. The first kappa shape index (κ1) is 14.4. The molecule has 0 radical (unpaired) electrons. The van der Waals surface area contributed by atoms with Crippen LogP contribution in [0.5, 0.6) is 5.75 Å². The maximum atomic E-state index is 13.3. The van der Waals surface area contributed by atoms with E-state index in [9.17, 15) is 18.0 Å². The van der Waals surface area contributed by atoms with Gasteiger partial charge in [0.05, 0.1) is 10.6 Å². The van der Waals surface area contributed by atoms with Crippen LogP contribution < -0.4 is 4.74 Å². The first-order chi connectivity index (χ1) is 9.47. The molecule has 0 heterocycles. The van der Waals surface area contributed by atoms with E-state index >= 15 is 0 Å². The lowest BCUT2D eigenvalue weighted by Crippen LogP contribution is -2.13. The molecule has 2 aromatic carbocycles. The van der Waals surface area contributed by atoms with Crippen molar-refractivity contribution >= 4 is 17.4 Å². The van der Waals surface area contributed by atoms with Crippen LogP contribution in [0.25, 0.3) is 0 Å². The van der Waals surface area contributed by atoms with Crippen molar-refractivity contribution < 1.29 is 22.7 Å². The van der Waals surface area contributed by atoms with E-state index in [1.54, 1.807) is 0 Å². The van der Waals surface area contributed by atoms with Gasteiger partial charge in [0.25, 0.3) is 0 Å². The summed E-state index contributed by atoms with van der Waals surface area (Å²) in [6.45, 7) is -0.540. The molecular formula is C14H8ClF3O2. The fourth-order valence-electron chi connectivity index (χ4n) is 1.50. The molecule has 0 spiro atoms. The SMILES string of the molecule is O=C(COc1ccc(Cl)c(F)c1)c1cc(F)ccc1F. The zero-order valence-electron chi connectivity index (χ0n) is 10.00. The second kappa shape index (κ2) is 5.96. The van der Waals surface area contributed by atoms with Crippen molar-refractivity contribution in [2.24, 2.45) is 0 Å². The predicted molar refractivity (Wildman–Crippen MR) is 67.6 cm³/mol. The highest BCUT2D eigenvalue weighted by Crippen LogP contribution is 2.20. The average molecular weight is 301 g/mol. The molecule has 20 heavy (non-hydrogen) atoms. The highest BCUT2D eigenvalue weighted by molar-refractivity contribution is 6.30. The lowest BCUT2D eigenvalue weighted by atomic mass is 10.1. The number of Topliss-reactive ketones (excluding diaryl/α,β-unsaturated/α-hetero) is 1. The van der Waals surface area contributed by atoms with E-state index in [1.807, 2.05) is 0 Å². The topological polar surface area (TPSA) is 26.3 Å². The number of rotatable bonds is 4. The van der Waals surface area contributed by atoms with Gasteiger partial charge in [-0.15, -0.1) is 0 Å². The Bertz CT molecular complexity index is 659. The molecule has 0 bridgehead atoms. The summed E-state index contributed by atoms with van der Waals surface area (Å²) in [4.78, 5) is 11.7. The minimum absolute atomic E-state index is 0.0667.